The Balaban J connectivity index is 1.55. The molecule has 0 radical (unpaired) electrons. The van der Waals surface area contributed by atoms with Crippen molar-refractivity contribution in [3.63, 3.8) is 0 Å². The summed E-state index contributed by atoms with van der Waals surface area (Å²) in [4.78, 5) is 25.4. The molecule has 2 amide bonds. The van der Waals surface area contributed by atoms with E-state index in [1.165, 1.54) is 7.11 Å². The predicted octanol–water partition coefficient (Wildman–Crippen LogP) is 0.987. The van der Waals surface area contributed by atoms with E-state index in [9.17, 15) is 4.79 Å². The quantitative estimate of drug-likeness (QED) is 0.451. The minimum absolute atomic E-state index is 0.00582. The van der Waals surface area contributed by atoms with E-state index >= 15 is 0 Å². The lowest BCUT2D eigenvalue weighted by Gasteiger charge is -2.35. The topological polar surface area (TPSA) is 116 Å². The van der Waals surface area contributed by atoms with E-state index in [0.29, 0.717) is 30.4 Å². The molecule has 26 heavy (non-hydrogen) atoms. The van der Waals surface area contributed by atoms with Crippen molar-refractivity contribution in [1.29, 1.82) is 0 Å². The van der Waals surface area contributed by atoms with Crippen LogP contribution in [0.3, 0.4) is 0 Å². The Morgan fingerprint density at radius 2 is 2.12 bits per heavy atom. The maximum Gasteiger partial charge on any atom is 0.336 e. The van der Waals surface area contributed by atoms with Crippen LogP contribution in [0.1, 0.15) is 13.8 Å². The van der Waals surface area contributed by atoms with Crippen LogP contribution in [0.2, 0.25) is 0 Å². The van der Waals surface area contributed by atoms with Crippen LogP contribution in [0, 0.1) is 0 Å². The average molecular weight is 379 g/mol. The SMILES string of the molecule is COc1nccc2[nH]c(NC(=S)NNC(=O)N3CC(C)OC(C)C3)nc12. The second-order valence-corrected chi connectivity index (χ2v) is 6.38. The first-order valence-corrected chi connectivity index (χ1v) is 8.53. The monoisotopic (exact) mass is 379 g/mol. The summed E-state index contributed by atoms with van der Waals surface area (Å²) in [5, 5.41) is 3.06. The molecule has 140 valence electrons. The van der Waals surface area contributed by atoms with E-state index < -0.39 is 0 Å². The van der Waals surface area contributed by atoms with Crippen molar-refractivity contribution >= 4 is 40.3 Å². The van der Waals surface area contributed by atoms with E-state index in [4.69, 9.17) is 21.7 Å². The van der Waals surface area contributed by atoms with Gasteiger partial charge in [0.2, 0.25) is 11.8 Å². The van der Waals surface area contributed by atoms with Gasteiger partial charge in [-0.1, -0.05) is 0 Å². The van der Waals surface area contributed by atoms with Gasteiger partial charge in [-0.2, -0.15) is 0 Å². The molecule has 2 atom stereocenters. The highest BCUT2D eigenvalue weighted by atomic mass is 32.1. The number of pyridine rings is 1. The first-order chi connectivity index (χ1) is 12.5. The minimum atomic E-state index is -0.272. The van der Waals surface area contributed by atoms with Crippen LogP contribution in [0.5, 0.6) is 5.88 Å². The number of carbonyl (C=O) groups excluding carboxylic acids is 1. The number of aromatic nitrogens is 3. The van der Waals surface area contributed by atoms with Gasteiger partial charge < -0.3 is 24.7 Å². The fraction of sp³-hybridized carbons (Fsp3) is 0.467. The van der Waals surface area contributed by atoms with E-state index in [1.807, 2.05) is 13.8 Å². The van der Waals surface area contributed by atoms with Crippen molar-refractivity contribution < 1.29 is 14.3 Å². The van der Waals surface area contributed by atoms with Gasteiger partial charge in [-0.05, 0) is 32.1 Å². The molecule has 11 heteroatoms. The van der Waals surface area contributed by atoms with Crippen LogP contribution < -0.4 is 20.9 Å². The van der Waals surface area contributed by atoms with Gasteiger partial charge in [0.05, 0.1) is 24.8 Å². The van der Waals surface area contributed by atoms with Crippen LogP contribution >= 0.6 is 12.2 Å². The fourth-order valence-electron chi connectivity index (χ4n) is 2.79. The zero-order chi connectivity index (χ0) is 18.7. The van der Waals surface area contributed by atoms with E-state index in [2.05, 4.69) is 31.1 Å². The van der Waals surface area contributed by atoms with Crippen LogP contribution in [0.4, 0.5) is 10.7 Å². The number of nitrogens with zero attached hydrogens (tertiary/aromatic N) is 3. The lowest BCUT2D eigenvalue weighted by Crippen LogP contribution is -2.55. The lowest BCUT2D eigenvalue weighted by atomic mass is 10.2. The summed E-state index contributed by atoms with van der Waals surface area (Å²) in [5.74, 6) is 0.821. The number of thiocarbonyl (C=S) groups is 1. The van der Waals surface area contributed by atoms with Crippen LogP contribution in [0.15, 0.2) is 12.3 Å². The number of amides is 2. The average Bonchev–Trinajstić information content (AvgIpc) is 3.01. The normalized spacial score (nSPS) is 19.9. The van der Waals surface area contributed by atoms with Crippen molar-refractivity contribution in [2.75, 3.05) is 25.5 Å². The Bertz CT molecular complexity index is 802. The van der Waals surface area contributed by atoms with Gasteiger partial charge in [0.1, 0.15) is 0 Å². The molecule has 1 aliphatic rings. The number of nitrogens with one attached hydrogen (secondary N) is 4. The molecule has 4 N–H and O–H groups in total. The van der Waals surface area contributed by atoms with Gasteiger partial charge in [0.15, 0.2) is 10.6 Å². The number of ether oxygens (including phenoxy) is 2. The Kier molecular flexibility index (Phi) is 5.38. The number of hydrazine groups is 1. The number of anilines is 1. The highest BCUT2D eigenvalue weighted by molar-refractivity contribution is 7.80. The number of imidazole rings is 1. The van der Waals surface area contributed by atoms with Gasteiger partial charge in [-0.3, -0.25) is 5.43 Å². The number of methoxy groups -OCH3 is 1. The summed E-state index contributed by atoms with van der Waals surface area (Å²) in [7, 11) is 1.53. The molecule has 1 saturated heterocycles. The van der Waals surface area contributed by atoms with Crippen molar-refractivity contribution in [2.24, 2.45) is 0 Å². The van der Waals surface area contributed by atoms with Crippen molar-refractivity contribution in [3.8, 4) is 5.88 Å². The fourth-order valence-corrected chi connectivity index (χ4v) is 2.94. The molecule has 3 rings (SSSR count). The van der Waals surface area contributed by atoms with E-state index in [0.717, 1.165) is 5.52 Å². The number of H-pyrrole nitrogens is 1. The van der Waals surface area contributed by atoms with Gasteiger partial charge in [0.25, 0.3) is 0 Å². The number of hydrogen-bond donors (Lipinski definition) is 4. The molecule has 2 aromatic rings. The molecule has 2 aromatic heterocycles. The molecular formula is C15H21N7O3S. The maximum atomic E-state index is 12.2. The number of morpholine rings is 1. The number of urea groups is 1. The number of aromatic amines is 1. The number of rotatable bonds is 2. The molecule has 0 aliphatic carbocycles. The first kappa shape index (κ1) is 18.1. The van der Waals surface area contributed by atoms with Crippen LogP contribution in [0.25, 0.3) is 11.0 Å². The zero-order valence-electron chi connectivity index (χ0n) is 14.7. The predicted molar refractivity (Wildman–Crippen MR) is 99.9 cm³/mol. The summed E-state index contributed by atoms with van der Waals surface area (Å²) < 4.78 is 10.8. The number of fused-ring (bicyclic) bond motifs is 1. The summed E-state index contributed by atoms with van der Waals surface area (Å²) in [6.45, 7) is 4.91. The lowest BCUT2D eigenvalue weighted by molar-refractivity contribution is -0.0546. The molecule has 2 unspecified atom stereocenters. The third-order valence-electron chi connectivity index (χ3n) is 3.78. The van der Waals surface area contributed by atoms with Crippen molar-refractivity contribution in [3.05, 3.63) is 12.3 Å². The molecule has 10 nitrogen and oxygen atoms in total. The van der Waals surface area contributed by atoms with Crippen LogP contribution in [-0.4, -0.2) is 63.4 Å². The van der Waals surface area contributed by atoms with E-state index in [1.54, 1.807) is 17.2 Å². The zero-order valence-corrected chi connectivity index (χ0v) is 15.5. The standard InChI is InChI=1S/C15H21N7O3S/c1-8-6-22(7-9(2)25-8)15(23)21-20-14(26)19-13-17-10-4-5-16-12(24-3)11(10)18-13/h4-5,8-9H,6-7H2,1-3H3,(H,21,23)(H3,17,18,19,20,26). The van der Waals surface area contributed by atoms with Gasteiger partial charge in [0, 0.05) is 19.3 Å². The smallest absolute Gasteiger partial charge is 0.336 e. The Morgan fingerprint density at radius 1 is 1.38 bits per heavy atom. The van der Waals surface area contributed by atoms with Crippen molar-refractivity contribution in [2.45, 2.75) is 26.1 Å². The highest BCUT2D eigenvalue weighted by Crippen LogP contribution is 2.21. The number of carbonyl (C=O) groups is 1. The summed E-state index contributed by atoms with van der Waals surface area (Å²) in [6, 6.07) is 1.50. The molecule has 1 aliphatic heterocycles. The third kappa shape index (κ3) is 4.11. The number of hydrogen-bond acceptors (Lipinski definition) is 6. The van der Waals surface area contributed by atoms with E-state index in [-0.39, 0.29) is 23.4 Å². The first-order valence-electron chi connectivity index (χ1n) is 8.12. The Labute approximate surface area is 155 Å². The summed E-state index contributed by atoms with van der Waals surface area (Å²) in [6.07, 6.45) is 1.60. The van der Waals surface area contributed by atoms with Crippen LogP contribution in [-0.2, 0) is 4.74 Å². The van der Waals surface area contributed by atoms with Gasteiger partial charge in [-0.15, -0.1) is 0 Å². The molecule has 0 spiro atoms. The molecule has 0 saturated carbocycles. The Morgan fingerprint density at radius 3 is 2.81 bits per heavy atom. The second-order valence-electron chi connectivity index (χ2n) is 5.97. The maximum absolute atomic E-state index is 12.2. The molecule has 3 heterocycles. The molecule has 1 fully saturated rings. The molecule has 0 bridgehead atoms. The largest absolute Gasteiger partial charge is 0.479 e. The highest BCUT2D eigenvalue weighted by Gasteiger charge is 2.25. The minimum Gasteiger partial charge on any atom is -0.479 e. The third-order valence-corrected chi connectivity index (χ3v) is 3.99. The molecule has 0 aromatic carbocycles. The Hall–Kier alpha value is -2.66. The summed E-state index contributed by atoms with van der Waals surface area (Å²) in [5.41, 5.74) is 6.57. The summed E-state index contributed by atoms with van der Waals surface area (Å²) >= 11 is 5.18. The van der Waals surface area contributed by atoms with Gasteiger partial charge in [-0.25, -0.2) is 20.2 Å². The molecular weight excluding hydrogens is 358 g/mol. The second kappa shape index (κ2) is 7.70. The van der Waals surface area contributed by atoms with Gasteiger partial charge >= 0.3 is 6.03 Å². The van der Waals surface area contributed by atoms with Crippen molar-refractivity contribution in [1.82, 2.24) is 30.7 Å².